The second kappa shape index (κ2) is 4.46. The Hall–Kier alpha value is -1.40. The number of halogens is 2. The van der Waals surface area contributed by atoms with Crippen LogP contribution in [-0.4, -0.2) is 9.55 Å². The average molecular weight is 275 g/mol. The number of nitrogens with zero attached hydrogens (tertiary/aromatic N) is 1. The van der Waals surface area contributed by atoms with Gasteiger partial charge in [-0.3, -0.25) is 14.3 Å². The molecule has 0 spiro atoms. The number of H-pyrrole nitrogens is 1. The van der Waals surface area contributed by atoms with Crippen LogP contribution in [0.2, 0.25) is 5.15 Å². The minimum absolute atomic E-state index is 0.0424. The monoisotopic (exact) mass is 274 g/mol. The van der Waals surface area contributed by atoms with E-state index in [1.807, 2.05) is 13.0 Å². The highest BCUT2D eigenvalue weighted by Crippen LogP contribution is 2.15. The molecule has 2 heterocycles. The highest BCUT2D eigenvalue weighted by Gasteiger charge is 2.12. The smallest absolute Gasteiger partial charge is 0.295 e. The van der Waals surface area contributed by atoms with Gasteiger partial charge in [-0.05, 0) is 19.1 Å². The highest BCUT2D eigenvalue weighted by molar-refractivity contribution is 7.11. The van der Waals surface area contributed by atoms with E-state index < -0.39 is 22.2 Å². The molecule has 0 aromatic carbocycles. The third kappa shape index (κ3) is 2.32. The molecule has 0 amide bonds. The summed E-state index contributed by atoms with van der Waals surface area (Å²) in [6.07, 6.45) is 0. The first-order valence-corrected chi connectivity index (χ1v) is 5.92. The average Bonchev–Trinajstić information content (AvgIpc) is 2.67. The minimum atomic E-state index is -1.14. The molecule has 0 aliphatic carbocycles. The molecule has 0 aliphatic heterocycles. The molecule has 0 saturated heterocycles. The zero-order chi connectivity index (χ0) is 12.6. The Labute approximate surface area is 104 Å². The summed E-state index contributed by atoms with van der Waals surface area (Å²) in [6.45, 7) is 1.95. The zero-order valence-electron chi connectivity index (χ0n) is 8.79. The van der Waals surface area contributed by atoms with Crippen LogP contribution in [0, 0.1) is 12.7 Å². The maximum Gasteiger partial charge on any atom is 0.329 e. The quantitative estimate of drug-likeness (QED) is 0.848. The van der Waals surface area contributed by atoms with E-state index in [2.05, 4.69) is 4.98 Å². The molecule has 0 saturated carbocycles. The Bertz CT molecular complexity index is 674. The number of nitrogens with one attached hydrogen (secondary N) is 1. The first-order valence-electron chi connectivity index (χ1n) is 4.72. The van der Waals surface area contributed by atoms with Crippen molar-refractivity contribution >= 4 is 22.9 Å². The molecule has 0 fully saturated rings. The van der Waals surface area contributed by atoms with Crippen molar-refractivity contribution in [2.45, 2.75) is 13.5 Å². The Balaban J connectivity index is 2.50. The van der Waals surface area contributed by atoms with Gasteiger partial charge in [0, 0.05) is 9.75 Å². The number of hydrogen-bond acceptors (Lipinski definition) is 3. The van der Waals surface area contributed by atoms with Crippen LogP contribution in [-0.2, 0) is 6.54 Å². The Morgan fingerprint density at radius 3 is 2.76 bits per heavy atom. The van der Waals surface area contributed by atoms with Gasteiger partial charge in [0.2, 0.25) is 5.82 Å². The van der Waals surface area contributed by atoms with E-state index in [4.69, 9.17) is 11.6 Å². The maximum absolute atomic E-state index is 13.2. The van der Waals surface area contributed by atoms with E-state index in [0.717, 1.165) is 14.3 Å². The number of thiophene rings is 1. The first kappa shape index (κ1) is 12.1. The lowest BCUT2D eigenvalue weighted by atomic mass is 10.4. The summed E-state index contributed by atoms with van der Waals surface area (Å²) in [5.41, 5.74) is -1.72. The number of aromatic nitrogens is 2. The van der Waals surface area contributed by atoms with Crippen molar-refractivity contribution in [1.29, 1.82) is 0 Å². The van der Waals surface area contributed by atoms with Gasteiger partial charge in [0.05, 0.1) is 6.54 Å². The first-order chi connectivity index (χ1) is 7.99. The molecule has 1 N–H and O–H groups in total. The zero-order valence-corrected chi connectivity index (χ0v) is 10.4. The standard InChI is InChI=1S/C10H8ClFN2O2S/c1-5-2-3-6(17-5)4-14-9(15)7(12)8(11)13-10(14)16/h2-3H,4H2,1H3,(H,13,16). The van der Waals surface area contributed by atoms with Gasteiger partial charge in [-0.1, -0.05) is 11.6 Å². The van der Waals surface area contributed by atoms with Crippen molar-refractivity contribution in [3.8, 4) is 0 Å². The lowest BCUT2D eigenvalue weighted by Gasteiger charge is -2.03. The van der Waals surface area contributed by atoms with Crippen LogP contribution >= 0.6 is 22.9 Å². The second-order valence-corrected chi connectivity index (χ2v) is 5.21. The van der Waals surface area contributed by atoms with E-state index >= 15 is 0 Å². The molecule has 0 aliphatic rings. The molecule has 2 aromatic heterocycles. The highest BCUT2D eigenvalue weighted by atomic mass is 35.5. The van der Waals surface area contributed by atoms with Crippen molar-refractivity contribution in [2.24, 2.45) is 0 Å². The summed E-state index contributed by atoms with van der Waals surface area (Å²) in [4.78, 5) is 26.9. The summed E-state index contributed by atoms with van der Waals surface area (Å²) in [7, 11) is 0. The van der Waals surface area contributed by atoms with E-state index in [-0.39, 0.29) is 6.54 Å². The molecule has 90 valence electrons. The van der Waals surface area contributed by atoms with Crippen LogP contribution in [0.1, 0.15) is 9.75 Å². The van der Waals surface area contributed by atoms with Gasteiger partial charge in [0.25, 0.3) is 5.56 Å². The van der Waals surface area contributed by atoms with Gasteiger partial charge in [0.1, 0.15) is 0 Å². The Kier molecular flexibility index (Phi) is 3.17. The number of hydrogen-bond donors (Lipinski definition) is 1. The van der Waals surface area contributed by atoms with Crippen molar-refractivity contribution < 1.29 is 4.39 Å². The molecule has 0 atom stereocenters. The largest absolute Gasteiger partial charge is 0.329 e. The third-order valence-electron chi connectivity index (χ3n) is 2.20. The third-order valence-corrected chi connectivity index (χ3v) is 3.44. The van der Waals surface area contributed by atoms with Crippen LogP contribution in [0.3, 0.4) is 0 Å². The van der Waals surface area contributed by atoms with E-state index in [1.165, 1.54) is 11.3 Å². The van der Waals surface area contributed by atoms with Crippen LogP contribution in [0.15, 0.2) is 21.7 Å². The predicted octanol–water partition coefficient (Wildman–Crippen LogP) is 1.75. The van der Waals surface area contributed by atoms with E-state index in [9.17, 15) is 14.0 Å². The van der Waals surface area contributed by atoms with Gasteiger partial charge >= 0.3 is 5.69 Å². The summed E-state index contributed by atoms with van der Waals surface area (Å²) < 4.78 is 14.0. The molecule has 2 rings (SSSR count). The summed E-state index contributed by atoms with van der Waals surface area (Å²) >= 11 is 6.80. The Morgan fingerprint density at radius 1 is 1.47 bits per heavy atom. The SMILES string of the molecule is Cc1ccc(Cn2c(=O)[nH]c(Cl)c(F)c2=O)s1. The number of rotatable bonds is 2. The minimum Gasteiger partial charge on any atom is -0.295 e. The fourth-order valence-corrected chi connectivity index (χ4v) is 2.43. The molecule has 0 unspecified atom stereocenters. The fourth-order valence-electron chi connectivity index (χ4n) is 1.39. The molecule has 7 heteroatoms. The van der Waals surface area contributed by atoms with Gasteiger partial charge in [-0.2, -0.15) is 4.39 Å². The van der Waals surface area contributed by atoms with Gasteiger partial charge < -0.3 is 0 Å². The lowest BCUT2D eigenvalue weighted by molar-refractivity contribution is 0.559. The number of aromatic amines is 1. The van der Waals surface area contributed by atoms with Gasteiger partial charge in [-0.25, -0.2) is 4.79 Å². The summed E-state index contributed by atoms with van der Waals surface area (Å²) in [5.74, 6) is -1.14. The van der Waals surface area contributed by atoms with Crippen molar-refractivity contribution in [1.82, 2.24) is 9.55 Å². The van der Waals surface area contributed by atoms with Crippen LogP contribution in [0.5, 0.6) is 0 Å². The van der Waals surface area contributed by atoms with Gasteiger partial charge in [0.15, 0.2) is 5.15 Å². The second-order valence-electron chi connectivity index (χ2n) is 3.46. The topological polar surface area (TPSA) is 54.9 Å². The summed E-state index contributed by atoms with van der Waals surface area (Å²) in [5, 5.41) is -0.557. The molecular weight excluding hydrogens is 267 g/mol. The van der Waals surface area contributed by atoms with E-state index in [1.54, 1.807) is 6.07 Å². The van der Waals surface area contributed by atoms with Crippen LogP contribution in [0.25, 0.3) is 0 Å². The molecule has 2 aromatic rings. The maximum atomic E-state index is 13.2. The molecule has 4 nitrogen and oxygen atoms in total. The Morgan fingerprint density at radius 2 is 2.18 bits per heavy atom. The molecular formula is C10H8ClFN2O2S. The predicted molar refractivity (Wildman–Crippen MR) is 64.4 cm³/mol. The number of aryl methyl sites for hydroxylation is 1. The van der Waals surface area contributed by atoms with E-state index in [0.29, 0.717) is 0 Å². The normalized spacial score (nSPS) is 10.8. The van der Waals surface area contributed by atoms with Crippen molar-refractivity contribution in [2.75, 3.05) is 0 Å². The molecule has 0 bridgehead atoms. The van der Waals surface area contributed by atoms with Gasteiger partial charge in [-0.15, -0.1) is 11.3 Å². The lowest BCUT2D eigenvalue weighted by Crippen LogP contribution is -2.37. The molecule has 17 heavy (non-hydrogen) atoms. The van der Waals surface area contributed by atoms with Crippen LogP contribution < -0.4 is 11.2 Å². The molecule has 0 radical (unpaired) electrons. The summed E-state index contributed by atoms with van der Waals surface area (Å²) in [6, 6.07) is 3.66. The fraction of sp³-hybridized carbons (Fsp3) is 0.200. The van der Waals surface area contributed by atoms with Crippen molar-refractivity contribution in [3.05, 3.63) is 53.7 Å². The van der Waals surface area contributed by atoms with Crippen LogP contribution in [0.4, 0.5) is 4.39 Å². The van der Waals surface area contributed by atoms with Crippen molar-refractivity contribution in [3.63, 3.8) is 0 Å².